The summed E-state index contributed by atoms with van der Waals surface area (Å²) in [4.78, 5) is 0. The number of halogens is 4. The number of aromatic nitrogens is 1. The van der Waals surface area contributed by atoms with Gasteiger partial charge in [0, 0.05) is 18.2 Å². The Balaban J connectivity index is 1.68. The van der Waals surface area contributed by atoms with Crippen LogP contribution in [-0.4, -0.2) is 23.5 Å². The van der Waals surface area contributed by atoms with Gasteiger partial charge in [-0.05, 0) is 39.2 Å². The van der Waals surface area contributed by atoms with E-state index in [4.69, 9.17) is 9.31 Å². The maximum Gasteiger partial charge on any atom is 0.494 e. The van der Waals surface area contributed by atoms with Crippen molar-refractivity contribution in [3.63, 3.8) is 0 Å². The number of hydrogen-bond acceptors (Lipinski definition) is 5. The van der Waals surface area contributed by atoms with Gasteiger partial charge >= 0.3 is 13.3 Å². The van der Waals surface area contributed by atoms with Crippen molar-refractivity contribution in [3.05, 3.63) is 41.4 Å². The maximum atomic E-state index is 14.4. The van der Waals surface area contributed by atoms with Gasteiger partial charge in [-0.3, -0.25) is 0 Å². The summed E-state index contributed by atoms with van der Waals surface area (Å²) in [6.07, 6.45) is -4.62. The van der Waals surface area contributed by atoms with Crippen LogP contribution < -0.4 is 10.8 Å². The molecule has 0 atom stereocenters. The molecule has 2 aromatic rings. The second-order valence-corrected chi connectivity index (χ2v) is 7.37. The van der Waals surface area contributed by atoms with E-state index in [1.165, 1.54) is 12.1 Å². The van der Waals surface area contributed by atoms with Gasteiger partial charge in [-0.25, -0.2) is 4.39 Å². The average Bonchev–Trinajstić information content (AvgIpc) is 3.09. The van der Waals surface area contributed by atoms with Crippen LogP contribution in [0.15, 0.2) is 28.8 Å². The highest BCUT2D eigenvalue weighted by atomic mass is 19.4. The molecule has 2 heterocycles. The normalized spacial score (nSPS) is 18.7. The third kappa shape index (κ3) is 3.96. The van der Waals surface area contributed by atoms with Crippen LogP contribution in [0.1, 0.15) is 39.0 Å². The molecular weight excluding hydrogens is 367 g/mol. The van der Waals surface area contributed by atoms with Crippen LogP contribution in [0.2, 0.25) is 0 Å². The largest absolute Gasteiger partial charge is 0.494 e. The van der Waals surface area contributed by atoms with Crippen molar-refractivity contribution >= 4 is 18.4 Å². The Morgan fingerprint density at radius 3 is 2.22 bits per heavy atom. The Hall–Kier alpha value is -2.07. The zero-order valence-corrected chi connectivity index (χ0v) is 15.3. The molecule has 0 aliphatic carbocycles. The van der Waals surface area contributed by atoms with Gasteiger partial charge < -0.3 is 19.1 Å². The fourth-order valence-corrected chi connectivity index (χ4v) is 2.51. The van der Waals surface area contributed by atoms with Gasteiger partial charge in [-0.1, -0.05) is 17.3 Å². The van der Waals surface area contributed by atoms with Crippen LogP contribution in [0.5, 0.6) is 0 Å². The monoisotopic (exact) mass is 386 g/mol. The molecule has 1 saturated heterocycles. The summed E-state index contributed by atoms with van der Waals surface area (Å²) in [6.45, 7) is 7.53. The second kappa shape index (κ2) is 6.52. The van der Waals surface area contributed by atoms with E-state index in [0.717, 1.165) is 6.07 Å². The molecule has 10 heteroatoms. The number of hydrogen-bond donors (Lipinski definition) is 1. The molecule has 1 aliphatic rings. The zero-order chi connectivity index (χ0) is 20.0. The first-order chi connectivity index (χ1) is 12.4. The lowest BCUT2D eigenvalue weighted by Gasteiger charge is -2.32. The lowest BCUT2D eigenvalue weighted by Crippen LogP contribution is -2.41. The predicted molar refractivity (Wildman–Crippen MR) is 90.9 cm³/mol. The number of nitrogens with zero attached hydrogens (tertiary/aromatic N) is 1. The number of nitrogens with one attached hydrogen (secondary N) is 1. The number of benzene rings is 1. The van der Waals surface area contributed by atoms with E-state index in [9.17, 15) is 17.6 Å². The molecule has 1 aromatic carbocycles. The molecule has 1 N–H and O–H groups in total. The van der Waals surface area contributed by atoms with Crippen LogP contribution in [0, 0.1) is 5.82 Å². The van der Waals surface area contributed by atoms with E-state index in [-0.39, 0.29) is 17.9 Å². The van der Waals surface area contributed by atoms with Crippen LogP contribution in [0.4, 0.5) is 23.4 Å². The van der Waals surface area contributed by atoms with Crippen molar-refractivity contribution in [2.24, 2.45) is 0 Å². The zero-order valence-electron chi connectivity index (χ0n) is 15.3. The Labute approximate surface area is 154 Å². The highest BCUT2D eigenvalue weighted by molar-refractivity contribution is 6.62. The molecule has 1 aliphatic heterocycles. The van der Waals surface area contributed by atoms with E-state index in [1.807, 2.05) is 27.7 Å². The van der Waals surface area contributed by atoms with E-state index in [2.05, 4.69) is 15.0 Å². The smallest absolute Gasteiger partial charge is 0.399 e. The van der Waals surface area contributed by atoms with Gasteiger partial charge in [0.2, 0.25) is 5.76 Å². The summed E-state index contributed by atoms with van der Waals surface area (Å²) in [5.74, 6) is -1.88. The first-order valence-corrected chi connectivity index (χ1v) is 8.31. The average molecular weight is 386 g/mol. The third-order valence-corrected chi connectivity index (χ3v) is 4.85. The highest BCUT2D eigenvalue weighted by Gasteiger charge is 2.51. The number of rotatable bonds is 4. The summed E-state index contributed by atoms with van der Waals surface area (Å²) in [6, 6.07) is 5.19. The summed E-state index contributed by atoms with van der Waals surface area (Å²) in [7, 11) is -0.698. The van der Waals surface area contributed by atoms with Gasteiger partial charge in [0.05, 0.1) is 11.2 Å². The number of alkyl halides is 3. The van der Waals surface area contributed by atoms with Crippen LogP contribution in [-0.2, 0) is 22.0 Å². The van der Waals surface area contributed by atoms with E-state index in [0.29, 0.717) is 5.46 Å². The quantitative estimate of drug-likeness (QED) is 0.641. The van der Waals surface area contributed by atoms with E-state index in [1.54, 1.807) is 6.07 Å². The molecule has 0 unspecified atom stereocenters. The second-order valence-electron chi connectivity index (χ2n) is 7.37. The molecule has 1 fully saturated rings. The fourth-order valence-electron chi connectivity index (χ4n) is 2.51. The molecule has 3 rings (SSSR count). The predicted octanol–water partition coefficient (Wildman–Crippen LogP) is 3.74. The Bertz CT molecular complexity index is 820. The topological polar surface area (TPSA) is 56.5 Å². The van der Waals surface area contributed by atoms with Gasteiger partial charge in [0.25, 0.3) is 0 Å². The van der Waals surface area contributed by atoms with E-state index >= 15 is 0 Å². The molecule has 27 heavy (non-hydrogen) atoms. The minimum Gasteiger partial charge on any atom is -0.399 e. The molecule has 0 amide bonds. The van der Waals surface area contributed by atoms with Crippen molar-refractivity contribution < 1.29 is 31.4 Å². The first-order valence-electron chi connectivity index (χ1n) is 8.31. The van der Waals surface area contributed by atoms with Crippen molar-refractivity contribution in [2.45, 2.75) is 51.6 Å². The van der Waals surface area contributed by atoms with Crippen molar-refractivity contribution in [3.8, 4) is 0 Å². The van der Waals surface area contributed by atoms with Gasteiger partial charge in [-0.2, -0.15) is 13.2 Å². The maximum absolute atomic E-state index is 14.4. The summed E-state index contributed by atoms with van der Waals surface area (Å²) < 4.78 is 67.8. The van der Waals surface area contributed by atoms with Crippen molar-refractivity contribution in [2.75, 3.05) is 5.32 Å². The van der Waals surface area contributed by atoms with Crippen LogP contribution >= 0.6 is 0 Å². The van der Waals surface area contributed by atoms with Gasteiger partial charge in [0.15, 0.2) is 5.82 Å². The lowest BCUT2D eigenvalue weighted by atomic mass is 9.78. The molecule has 0 bridgehead atoms. The molecule has 0 saturated carbocycles. The van der Waals surface area contributed by atoms with Crippen LogP contribution in [0.3, 0.4) is 0 Å². The molecule has 146 valence electrons. The first kappa shape index (κ1) is 19.7. The molecular formula is C17H19BF4N2O3. The minimum atomic E-state index is -4.62. The SMILES string of the molecule is CC1(C)OB(c2ccc(CNc3cc(C(F)(F)F)on3)c(F)c2)OC1(C)C. The third-order valence-electron chi connectivity index (χ3n) is 4.85. The van der Waals surface area contributed by atoms with Gasteiger partial charge in [-0.15, -0.1) is 0 Å². The lowest BCUT2D eigenvalue weighted by molar-refractivity contribution is -0.155. The molecule has 0 spiro atoms. The standard InChI is InChI=1S/C17H19BF4N2O3/c1-15(2)16(3,4)27-18(26-15)11-6-5-10(12(19)7-11)9-23-14-8-13(25-24-14)17(20,21)22/h5-8H,9H2,1-4H3,(H,23,24). The number of anilines is 1. The van der Waals surface area contributed by atoms with Crippen molar-refractivity contribution in [1.29, 1.82) is 0 Å². The van der Waals surface area contributed by atoms with Crippen LogP contribution in [0.25, 0.3) is 0 Å². The summed E-state index contributed by atoms with van der Waals surface area (Å²) in [5.41, 5.74) is -0.308. The molecule has 1 aromatic heterocycles. The molecule has 5 nitrogen and oxygen atoms in total. The minimum absolute atomic E-state index is 0.0562. The van der Waals surface area contributed by atoms with E-state index < -0.39 is 36.1 Å². The Morgan fingerprint density at radius 1 is 1.07 bits per heavy atom. The summed E-state index contributed by atoms with van der Waals surface area (Å²) >= 11 is 0. The summed E-state index contributed by atoms with van der Waals surface area (Å²) in [5, 5.41) is 5.87. The molecule has 0 radical (unpaired) electrons. The van der Waals surface area contributed by atoms with Gasteiger partial charge in [0.1, 0.15) is 5.82 Å². The fraction of sp³-hybridized carbons (Fsp3) is 0.471. The van der Waals surface area contributed by atoms with Crippen molar-refractivity contribution in [1.82, 2.24) is 5.16 Å². The highest BCUT2D eigenvalue weighted by Crippen LogP contribution is 2.36. The Morgan fingerprint density at radius 2 is 1.70 bits per heavy atom. The Kier molecular flexibility index (Phi) is 4.76.